The summed E-state index contributed by atoms with van der Waals surface area (Å²) < 4.78 is 11.5. The number of hydrogen-bond donors (Lipinski definition) is 0. The Morgan fingerprint density at radius 2 is 1.78 bits per heavy atom. The Labute approximate surface area is 153 Å². The normalized spacial score (nSPS) is 10.9. The number of ether oxygens (including phenoxy) is 1. The van der Waals surface area contributed by atoms with Crippen LogP contribution in [0.1, 0.15) is 16.4 Å². The summed E-state index contributed by atoms with van der Waals surface area (Å²) in [4.78, 5) is 28.8. The quantitative estimate of drug-likeness (QED) is 0.514. The molecule has 0 saturated heterocycles. The van der Waals surface area contributed by atoms with Crippen molar-refractivity contribution in [3.63, 3.8) is 0 Å². The minimum atomic E-state index is -0.679. The summed E-state index contributed by atoms with van der Waals surface area (Å²) in [5.41, 5.74) is 0.562. The zero-order valence-corrected chi connectivity index (χ0v) is 14.3. The summed E-state index contributed by atoms with van der Waals surface area (Å²) in [5.74, 6) is -0.107. The van der Waals surface area contributed by atoms with E-state index in [1.165, 1.54) is 7.05 Å². The molecule has 0 amide bonds. The molecule has 0 saturated carbocycles. The molecule has 0 aliphatic heterocycles. The van der Waals surface area contributed by atoms with Gasteiger partial charge in [0.05, 0.1) is 5.39 Å². The summed E-state index contributed by atoms with van der Waals surface area (Å²) in [5, 5.41) is 8.73. The third-order valence-electron chi connectivity index (χ3n) is 3.98. The molecule has 0 atom stereocenters. The highest BCUT2D eigenvalue weighted by atomic mass is 16.6. The molecule has 2 heterocycles. The Morgan fingerprint density at radius 1 is 1.07 bits per heavy atom. The molecule has 134 valence electrons. The molecule has 8 nitrogen and oxygen atoms in total. The van der Waals surface area contributed by atoms with Crippen LogP contribution in [-0.2, 0) is 18.4 Å². The number of fused-ring (bicyclic) bond motifs is 1. The third kappa shape index (κ3) is 3.20. The number of aromatic nitrogens is 4. The van der Waals surface area contributed by atoms with Gasteiger partial charge < -0.3 is 9.26 Å². The molecule has 0 N–H and O–H groups in total. The number of rotatable bonds is 4. The van der Waals surface area contributed by atoms with Gasteiger partial charge in [0.25, 0.3) is 11.4 Å². The van der Waals surface area contributed by atoms with E-state index in [2.05, 4.69) is 15.2 Å². The lowest BCUT2D eigenvalue weighted by Crippen LogP contribution is -2.23. The monoisotopic (exact) mass is 362 g/mol. The van der Waals surface area contributed by atoms with Crippen LogP contribution in [0.3, 0.4) is 0 Å². The molecule has 4 aromatic rings. The van der Waals surface area contributed by atoms with Crippen molar-refractivity contribution in [2.75, 3.05) is 0 Å². The van der Waals surface area contributed by atoms with Gasteiger partial charge in [-0.1, -0.05) is 53.7 Å². The Morgan fingerprint density at radius 3 is 2.56 bits per heavy atom. The fourth-order valence-corrected chi connectivity index (χ4v) is 2.66. The second-order valence-corrected chi connectivity index (χ2v) is 5.78. The topological polar surface area (TPSA) is 100 Å². The second-order valence-electron chi connectivity index (χ2n) is 5.78. The summed E-state index contributed by atoms with van der Waals surface area (Å²) in [6, 6.07) is 16.1. The zero-order chi connectivity index (χ0) is 18.8. The first-order chi connectivity index (χ1) is 13.1. The van der Waals surface area contributed by atoms with E-state index >= 15 is 0 Å². The van der Waals surface area contributed by atoms with E-state index in [9.17, 15) is 9.59 Å². The maximum atomic E-state index is 12.5. The molecular weight excluding hydrogens is 348 g/mol. The summed E-state index contributed by atoms with van der Waals surface area (Å²) >= 11 is 0. The Hall–Kier alpha value is -3.81. The van der Waals surface area contributed by atoms with Crippen LogP contribution in [0.4, 0.5) is 0 Å². The number of carbonyl (C=O) groups is 1. The van der Waals surface area contributed by atoms with Crippen molar-refractivity contribution in [1.29, 1.82) is 0 Å². The van der Waals surface area contributed by atoms with E-state index in [4.69, 9.17) is 9.26 Å². The van der Waals surface area contributed by atoms with E-state index in [-0.39, 0.29) is 23.8 Å². The maximum absolute atomic E-state index is 12.5. The highest BCUT2D eigenvalue weighted by molar-refractivity contribution is 6.02. The highest BCUT2D eigenvalue weighted by Gasteiger charge is 2.18. The first-order valence-electron chi connectivity index (χ1n) is 8.14. The van der Waals surface area contributed by atoms with E-state index in [1.54, 1.807) is 24.3 Å². The second kappa shape index (κ2) is 6.83. The van der Waals surface area contributed by atoms with Gasteiger partial charge in [0, 0.05) is 18.0 Å². The Kier molecular flexibility index (Phi) is 4.21. The van der Waals surface area contributed by atoms with Gasteiger partial charge >= 0.3 is 5.97 Å². The summed E-state index contributed by atoms with van der Waals surface area (Å²) in [7, 11) is 1.48. The van der Waals surface area contributed by atoms with Crippen molar-refractivity contribution in [2.45, 2.75) is 6.61 Å². The number of nitrogens with zero attached hydrogens (tertiary/aromatic N) is 4. The molecule has 8 heteroatoms. The van der Waals surface area contributed by atoms with E-state index in [1.807, 2.05) is 30.3 Å². The van der Waals surface area contributed by atoms with Crippen molar-refractivity contribution >= 4 is 16.7 Å². The molecule has 0 aliphatic rings. The molecule has 0 radical (unpaired) electrons. The predicted octanol–water partition coefficient (Wildman–Crippen LogP) is 2.34. The zero-order valence-electron chi connectivity index (χ0n) is 14.3. The number of carbonyl (C=O) groups excluding carboxylic acids is 1. The smallest absolute Gasteiger partial charge is 0.359 e. The lowest BCUT2D eigenvalue weighted by Gasteiger charge is -2.07. The molecule has 0 bridgehead atoms. The van der Waals surface area contributed by atoms with Gasteiger partial charge in [-0.25, -0.2) is 9.48 Å². The van der Waals surface area contributed by atoms with Crippen molar-refractivity contribution in [2.24, 2.45) is 7.05 Å². The standard InChI is InChI=1S/C19H14N4O4/c1-23-18(24)14-10-6-5-9-13(14)16(21-23)19(25)26-11-15-20-17(22-27-15)12-7-3-2-4-8-12/h2-10H,11H2,1H3. The average molecular weight is 362 g/mol. The van der Waals surface area contributed by atoms with Crippen LogP contribution >= 0.6 is 0 Å². The lowest BCUT2D eigenvalue weighted by molar-refractivity contribution is 0.0423. The number of aryl methyl sites for hydroxylation is 1. The Bertz CT molecular complexity index is 1180. The van der Waals surface area contributed by atoms with Gasteiger partial charge in [-0.3, -0.25) is 4.79 Å². The van der Waals surface area contributed by atoms with Crippen LogP contribution in [0.25, 0.3) is 22.2 Å². The molecule has 27 heavy (non-hydrogen) atoms. The molecule has 4 rings (SSSR count). The van der Waals surface area contributed by atoms with Crippen LogP contribution in [0.15, 0.2) is 63.9 Å². The largest absolute Gasteiger partial charge is 0.451 e. The average Bonchev–Trinajstić information content (AvgIpc) is 3.19. The molecule has 0 unspecified atom stereocenters. The van der Waals surface area contributed by atoms with E-state index < -0.39 is 5.97 Å². The van der Waals surface area contributed by atoms with Gasteiger partial charge in [0.2, 0.25) is 5.82 Å². The van der Waals surface area contributed by atoms with Crippen LogP contribution in [0, 0.1) is 0 Å². The third-order valence-corrected chi connectivity index (χ3v) is 3.98. The SMILES string of the molecule is Cn1nc(C(=O)OCc2nc(-c3ccccc3)no2)c2ccccc2c1=O. The number of esters is 1. The summed E-state index contributed by atoms with van der Waals surface area (Å²) in [6.45, 7) is -0.197. The highest BCUT2D eigenvalue weighted by Crippen LogP contribution is 2.17. The maximum Gasteiger partial charge on any atom is 0.359 e. The Balaban J connectivity index is 1.56. The van der Waals surface area contributed by atoms with E-state index in [0.717, 1.165) is 10.2 Å². The first-order valence-corrected chi connectivity index (χ1v) is 8.14. The van der Waals surface area contributed by atoms with Gasteiger partial charge in [0.1, 0.15) is 0 Å². The minimum absolute atomic E-state index is 0.0514. The first kappa shape index (κ1) is 16.6. The molecular formula is C19H14N4O4. The van der Waals surface area contributed by atoms with Crippen LogP contribution < -0.4 is 5.56 Å². The molecule has 0 spiro atoms. The fourth-order valence-electron chi connectivity index (χ4n) is 2.66. The fraction of sp³-hybridized carbons (Fsp3) is 0.105. The minimum Gasteiger partial charge on any atom is -0.451 e. The van der Waals surface area contributed by atoms with Gasteiger partial charge in [-0.2, -0.15) is 10.1 Å². The van der Waals surface area contributed by atoms with Gasteiger partial charge in [-0.05, 0) is 6.07 Å². The lowest BCUT2D eigenvalue weighted by atomic mass is 10.1. The van der Waals surface area contributed by atoms with Crippen molar-refractivity contribution in [1.82, 2.24) is 19.9 Å². The van der Waals surface area contributed by atoms with Gasteiger partial charge in [0.15, 0.2) is 12.3 Å². The van der Waals surface area contributed by atoms with Crippen LogP contribution in [0.2, 0.25) is 0 Å². The summed E-state index contributed by atoms with van der Waals surface area (Å²) in [6.07, 6.45) is 0. The van der Waals surface area contributed by atoms with Gasteiger partial charge in [-0.15, -0.1) is 0 Å². The van der Waals surface area contributed by atoms with Crippen LogP contribution in [0.5, 0.6) is 0 Å². The molecule has 2 aromatic heterocycles. The predicted molar refractivity (Wildman–Crippen MR) is 95.8 cm³/mol. The number of hydrogen-bond acceptors (Lipinski definition) is 7. The number of benzene rings is 2. The molecule has 2 aromatic carbocycles. The van der Waals surface area contributed by atoms with Crippen LogP contribution in [-0.4, -0.2) is 25.9 Å². The van der Waals surface area contributed by atoms with Crippen molar-refractivity contribution in [3.8, 4) is 11.4 Å². The van der Waals surface area contributed by atoms with Crippen molar-refractivity contribution in [3.05, 3.63) is 76.5 Å². The molecule has 0 aliphatic carbocycles. The molecule has 0 fully saturated rings. The van der Waals surface area contributed by atoms with Crippen molar-refractivity contribution < 1.29 is 14.1 Å². The van der Waals surface area contributed by atoms with E-state index in [0.29, 0.717) is 16.6 Å².